The first-order valence-corrected chi connectivity index (χ1v) is 8.68. The number of rotatable bonds is 9. The Kier molecular flexibility index (Phi) is 8.47. The molecule has 0 fully saturated rings. The first kappa shape index (κ1) is 21.9. The van der Waals surface area contributed by atoms with E-state index in [9.17, 15) is 18.4 Å². The Hall–Kier alpha value is -2.19. The minimum absolute atomic E-state index is 0.0435. The number of nitrogens with one attached hydrogen (secondary N) is 2. The second kappa shape index (κ2) is 10.1. The Labute approximate surface area is 152 Å². The number of alkyl carbamates (subject to hydrolysis) is 1. The molecule has 1 heterocycles. The number of hydrogen-bond acceptors (Lipinski definition) is 4. The van der Waals surface area contributed by atoms with Gasteiger partial charge in [-0.1, -0.05) is 13.8 Å². The van der Waals surface area contributed by atoms with E-state index in [0.717, 1.165) is 0 Å². The molecule has 1 aromatic heterocycles. The van der Waals surface area contributed by atoms with E-state index < -0.39 is 12.6 Å². The summed E-state index contributed by atoms with van der Waals surface area (Å²) in [5.41, 5.74) is 1.17. The summed E-state index contributed by atoms with van der Waals surface area (Å²) in [6.45, 7) is 6.59. The predicted octanol–water partition coefficient (Wildman–Crippen LogP) is 2.71. The molecular weight excluding hydrogens is 346 g/mol. The molecule has 1 rings (SSSR count). The first-order valence-electron chi connectivity index (χ1n) is 8.68. The van der Waals surface area contributed by atoms with Crippen LogP contribution in [-0.4, -0.2) is 41.0 Å². The van der Waals surface area contributed by atoms with Crippen molar-refractivity contribution in [2.45, 2.75) is 60.1 Å². The van der Waals surface area contributed by atoms with Gasteiger partial charge < -0.3 is 15.4 Å². The van der Waals surface area contributed by atoms with Crippen molar-refractivity contribution >= 4 is 12.0 Å². The van der Waals surface area contributed by atoms with E-state index in [1.807, 2.05) is 13.8 Å². The van der Waals surface area contributed by atoms with Crippen LogP contribution in [0.1, 0.15) is 50.7 Å². The maximum atomic E-state index is 12.9. The van der Waals surface area contributed by atoms with Crippen molar-refractivity contribution in [3.05, 3.63) is 17.0 Å². The molecular formula is C17H28F2N4O3. The fourth-order valence-electron chi connectivity index (χ4n) is 2.70. The third-order valence-corrected chi connectivity index (χ3v) is 3.90. The molecule has 0 aliphatic carbocycles. The smallest absolute Gasteiger partial charge is 0.407 e. The largest absolute Gasteiger partial charge is 0.450 e. The van der Waals surface area contributed by atoms with Crippen LogP contribution in [0, 0.1) is 19.8 Å². The van der Waals surface area contributed by atoms with Crippen LogP contribution in [0.25, 0.3) is 0 Å². The van der Waals surface area contributed by atoms with Crippen LogP contribution in [-0.2, 0) is 16.0 Å². The maximum Gasteiger partial charge on any atom is 0.407 e. The lowest BCUT2D eigenvalue weighted by Crippen LogP contribution is -2.45. The van der Waals surface area contributed by atoms with Crippen molar-refractivity contribution in [1.29, 1.82) is 0 Å². The SMILES string of the molecule is CCOC(=O)NC(CNC(=O)Cc1c(C)nn(C(F)F)c1C)CC(C)C. The standard InChI is InChI=1S/C17H28F2N4O3/c1-6-26-17(25)21-13(7-10(2)3)9-20-15(24)8-14-11(4)22-23(12(14)5)16(18)19/h10,13,16H,6-9H2,1-5H3,(H,20,24)(H,21,25). The molecule has 2 N–H and O–H groups in total. The first-order chi connectivity index (χ1) is 12.1. The van der Waals surface area contributed by atoms with Crippen LogP contribution in [0.2, 0.25) is 0 Å². The highest BCUT2D eigenvalue weighted by Gasteiger charge is 2.20. The van der Waals surface area contributed by atoms with E-state index in [2.05, 4.69) is 15.7 Å². The van der Waals surface area contributed by atoms with Gasteiger partial charge in [0, 0.05) is 23.8 Å². The number of amides is 2. The molecule has 0 aromatic carbocycles. The van der Waals surface area contributed by atoms with E-state index in [-0.39, 0.29) is 37.2 Å². The minimum atomic E-state index is -2.74. The Bertz CT molecular complexity index is 617. The van der Waals surface area contributed by atoms with Crippen LogP contribution in [0.4, 0.5) is 13.6 Å². The lowest BCUT2D eigenvalue weighted by molar-refractivity contribution is -0.120. The summed E-state index contributed by atoms with van der Waals surface area (Å²) >= 11 is 0. The molecule has 0 saturated carbocycles. The van der Waals surface area contributed by atoms with E-state index in [1.54, 1.807) is 13.8 Å². The molecule has 0 saturated heterocycles. The quantitative estimate of drug-likeness (QED) is 0.696. The highest BCUT2D eigenvalue weighted by Crippen LogP contribution is 2.19. The van der Waals surface area contributed by atoms with Gasteiger partial charge >= 0.3 is 12.6 Å². The Morgan fingerprint density at radius 1 is 1.27 bits per heavy atom. The lowest BCUT2D eigenvalue weighted by Gasteiger charge is -2.20. The van der Waals surface area contributed by atoms with Crippen molar-refractivity contribution in [3.63, 3.8) is 0 Å². The minimum Gasteiger partial charge on any atom is -0.450 e. The molecule has 26 heavy (non-hydrogen) atoms. The van der Waals surface area contributed by atoms with Gasteiger partial charge in [0.25, 0.3) is 0 Å². The highest BCUT2D eigenvalue weighted by atomic mass is 19.3. The molecule has 0 bridgehead atoms. The second-order valence-electron chi connectivity index (χ2n) is 6.54. The van der Waals surface area contributed by atoms with Crippen LogP contribution in [0.5, 0.6) is 0 Å². The second-order valence-corrected chi connectivity index (χ2v) is 6.54. The van der Waals surface area contributed by atoms with Gasteiger partial charge in [0.1, 0.15) is 0 Å². The third kappa shape index (κ3) is 6.61. The van der Waals surface area contributed by atoms with Crippen LogP contribution in [0.3, 0.4) is 0 Å². The number of ether oxygens (including phenoxy) is 1. The molecule has 0 spiro atoms. The van der Waals surface area contributed by atoms with Gasteiger partial charge in [0.2, 0.25) is 5.91 Å². The summed E-state index contributed by atoms with van der Waals surface area (Å²) in [5, 5.41) is 9.23. The molecule has 7 nitrogen and oxygen atoms in total. The van der Waals surface area contributed by atoms with Gasteiger partial charge in [-0.05, 0) is 33.1 Å². The number of aromatic nitrogens is 2. The number of carbonyl (C=O) groups excluding carboxylic acids is 2. The number of alkyl halides is 2. The number of carbonyl (C=O) groups is 2. The van der Waals surface area contributed by atoms with Gasteiger partial charge in [-0.2, -0.15) is 13.9 Å². The molecule has 1 unspecified atom stereocenters. The monoisotopic (exact) mass is 374 g/mol. The summed E-state index contributed by atoms with van der Waals surface area (Å²) in [4.78, 5) is 23.8. The molecule has 148 valence electrons. The van der Waals surface area contributed by atoms with E-state index in [1.165, 1.54) is 6.92 Å². The third-order valence-electron chi connectivity index (χ3n) is 3.90. The summed E-state index contributed by atoms with van der Waals surface area (Å²) in [6.07, 6.45) is 0.0934. The van der Waals surface area contributed by atoms with Gasteiger partial charge in [-0.3, -0.25) is 4.79 Å². The van der Waals surface area contributed by atoms with Crippen molar-refractivity contribution in [2.75, 3.05) is 13.2 Å². The Morgan fingerprint density at radius 2 is 1.92 bits per heavy atom. The van der Waals surface area contributed by atoms with E-state index in [4.69, 9.17) is 4.74 Å². The van der Waals surface area contributed by atoms with Crippen molar-refractivity contribution in [3.8, 4) is 0 Å². The average molecular weight is 374 g/mol. The summed E-state index contributed by atoms with van der Waals surface area (Å²) in [6, 6.07) is -0.274. The zero-order valence-electron chi connectivity index (χ0n) is 15.9. The zero-order chi connectivity index (χ0) is 19.9. The van der Waals surface area contributed by atoms with E-state index in [0.29, 0.717) is 28.3 Å². The fourth-order valence-corrected chi connectivity index (χ4v) is 2.70. The van der Waals surface area contributed by atoms with Gasteiger partial charge in [-0.15, -0.1) is 0 Å². The summed E-state index contributed by atoms with van der Waals surface area (Å²) < 4.78 is 31.2. The number of aryl methyl sites for hydroxylation is 1. The molecule has 1 atom stereocenters. The lowest BCUT2D eigenvalue weighted by atomic mass is 10.0. The van der Waals surface area contributed by atoms with Gasteiger partial charge in [0.15, 0.2) is 0 Å². The normalized spacial score (nSPS) is 12.3. The molecule has 1 aromatic rings. The van der Waals surface area contributed by atoms with Crippen LogP contribution >= 0.6 is 0 Å². The highest BCUT2D eigenvalue weighted by molar-refractivity contribution is 5.79. The average Bonchev–Trinajstić information content (AvgIpc) is 2.80. The molecule has 0 radical (unpaired) electrons. The van der Waals surface area contributed by atoms with Crippen molar-refractivity contribution in [1.82, 2.24) is 20.4 Å². The summed E-state index contributed by atoms with van der Waals surface area (Å²) in [5.74, 6) is -0.00276. The zero-order valence-corrected chi connectivity index (χ0v) is 15.9. The maximum absolute atomic E-state index is 12.9. The van der Waals surface area contributed by atoms with Crippen molar-refractivity contribution < 1.29 is 23.1 Å². The van der Waals surface area contributed by atoms with Crippen LogP contribution < -0.4 is 10.6 Å². The van der Waals surface area contributed by atoms with Crippen molar-refractivity contribution in [2.24, 2.45) is 5.92 Å². The Balaban J connectivity index is 2.66. The summed E-state index contributed by atoms with van der Waals surface area (Å²) in [7, 11) is 0. The number of halogens is 2. The topological polar surface area (TPSA) is 85.2 Å². The predicted molar refractivity (Wildman–Crippen MR) is 93.1 cm³/mol. The van der Waals surface area contributed by atoms with Gasteiger partial charge in [-0.25, -0.2) is 9.48 Å². The molecule has 2 amide bonds. The van der Waals surface area contributed by atoms with Gasteiger partial charge in [0.05, 0.1) is 18.7 Å². The molecule has 0 aliphatic rings. The van der Waals surface area contributed by atoms with Crippen LogP contribution in [0.15, 0.2) is 0 Å². The Morgan fingerprint density at radius 3 is 2.42 bits per heavy atom. The number of nitrogens with zero attached hydrogens (tertiary/aromatic N) is 2. The molecule has 9 heteroatoms. The molecule has 0 aliphatic heterocycles. The van der Waals surface area contributed by atoms with E-state index >= 15 is 0 Å². The fraction of sp³-hybridized carbons (Fsp3) is 0.706. The number of hydrogen-bond donors (Lipinski definition) is 2.